The SMILES string of the molecule is O=c1ccc(Br)cn1CC#CCc1ccccn1. The number of aromatic nitrogens is 2. The molecule has 0 aliphatic rings. The van der Waals surface area contributed by atoms with Gasteiger partial charge < -0.3 is 4.57 Å². The summed E-state index contributed by atoms with van der Waals surface area (Å²) in [4.78, 5) is 15.7. The molecule has 2 aromatic heterocycles. The molecule has 2 rings (SSSR count). The fraction of sp³-hybridized carbons (Fsp3) is 0.143. The average Bonchev–Trinajstić information content (AvgIpc) is 2.40. The first-order valence-corrected chi connectivity index (χ1v) is 6.26. The van der Waals surface area contributed by atoms with Gasteiger partial charge in [0.05, 0.1) is 18.7 Å². The van der Waals surface area contributed by atoms with Crippen LogP contribution in [-0.4, -0.2) is 9.55 Å². The van der Waals surface area contributed by atoms with E-state index < -0.39 is 0 Å². The minimum absolute atomic E-state index is 0.0506. The topological polar surface area (TPSA) is 34.9 Å². The highest BCUT2D eigenvalue weighted by molar-refractivity contribution is 9.10. The highest BCUT2D eigenvalue weighted by Crippen LogP contribution is 2.04. The third-order valence-electron chi connectivity index (χ3n) is 2.32. The summed E-state index contributed by atoms with van der Waals surface area (Å²) in [7, 11) is 0. The van der Waals surface area contributed by atoms with Crippen molar-refractivity contribution in [1.82, 2.24) is 9.55 Å². The second-order valence-electron chi connectivity index (χ2n) is 3.66. The van der Waals surface area contributed by atoms with E-state index in [0.29, 0.717) is 13.0 Å². The van der Waals surface area contributed by atoms with E-state index >= 15 is 0 Å². The van der Waals surface area contributed by atoms with Crippen LogP contribution >= 0.6 is 15.9 Å². The highest BCUT2D eigenvalue weighted by atomic mass is 79.9. The summed E-state index contributed by atoms with van der Waals surface area (Å²) in [6.45, 7) is 0.394. The Morgan fingerprint density at radius 1 is 1.22 bits per heavy atom. The summed E-state index contributed by atoms with van der Waals surface area (Å²) in [6, 6.07) is 8.98. The van der Waals surface area contributed by atoms with Crippen LogP contribution in [0.15, 0.2) is 52.0 Å². The third-order valence-corrected chi connectivity index (χ3v) is 2.79. The summed E-state index contributed by atoms with van der Waals surface area (Å²) in [5.41, 5.74) is 0.886. The van der Waals surface area contributed by atoms with Crippen molar-refractivity contribution in [3.05, 3.63) is 63.2 Å². The number of rotatable bonds is 2. The molecule has 4 heteroatoms. The molecule has 0 N–H and O–H groups in total. The number of pyridine rings is 2. The number of hydrogen-bond donors (Lipinski definition) is 0. The van der Waals surface area contributed by atoms with Gasteiger partial charge in [0, 0.05) is 22.9 Å². The van der Waals surface area contributed by atoms with Crippen LogP contribution < -0.4 is 5.56 Å². The van der Waals surface area contributed by atoms with E-state index in [2.05, 4.69) is 32.8 Å². The smallest absolute Gasteiger partial charge is 0.251 e. The monoisotopic (exact) mass is 302 g/mol. The van der Waals surface area contributed by atoms with Gasteiger partial charge in [0.15, 0.2) is 0 Å². The quantitative estimate of drug-likeness (QED) is 0.798. The van der Waals surface area contributed by atoms with Crippen molar-refractivity contribution in [3.8, 4) is 11.8 Å². The Morgan fingerprint density at radius 3 is 2.89 bits per heavy atom. The van der Waals surface area contributed by atoms with E-state index in [4.69, 9.17) is 0 Å². The van der Waals surface area contributed by atoms with Gasteiger partial charge in [-0.05, 0) is 34.1 Å². The first-order valence-electron chi connectivity index (χ1n) is 5.47. The molecule has 0 aromatic carbocycles. The van der Waals surface area contributed by atoms with Gasteiger partial charge in [-0.3, -0.25) is 9.78 Å². The Kier molecular flexibility index (Phi) is 4.32. The molecular weight excluding hydrogens is 292 g/mol. The normalized spacial score (nSPS) is 9.61. The van der Waals surface area contributed by atoms with Gasteiger partial charge >= 0.3 is 0 Å². The Hall–Kier alpha value is -1.86. The number of halogens is 1. The molecule has 0 aliphatic carbocycles. The molecule has 2 heterocycles. The highest BCUT2D eigenvalue weighted by Gasteiger charge is 1.93. The standard InChI is InChI=1S/C14H11BrN2O/c15-12-7-8-14(18)17(11-12)10-4-2-6-13-5-1-3-9-16-13/h1,3,5,7-9,11H,6,10H2. The lowest BCUT2D eigenvalue weighted by molar-refractivity contribution is 0.791. The van der Waals surface area contributed by atoms with Gasteiger partial charge in [-0.25, -0.2) is 0 Å². The molecule has 18 heavy (non-hydrogen) atoms. The van der Waals surface area contributed by atoms with E-state index in [0.717, 1.165) is 10.2 Å². The van der Waals surface area contributed by atoms with Crippen LogP contribution in [0.25, 0.3) is 0 Å². The zero-order chi connectivity index (χ0) is 12.8. The average molecular weight is 303 g/mol. The predicted molar refractivity (Wildman–Crippen MR) is 74.1 cm³/mol. The van der Waals surface area contributed by atoms with Gasteiger partial charge in [-0.15, -0.1) is 0 Å². The van der Waals surface area contributed by atoms with Crippen LogP contribution in [0.3, 0.4) is 0 Å². The number of hydrogen-bond acceptors (Lipinski definition) is 2. The van der Waals surface area contributed by atoms with Gasteiger partial charge in [0.2, 0.25) is 0 Å². The van der Waals surface area contributed by atoms with Crippen LogP contribution in [0.1, 0.15) is 5.69 Å². The molecule has 0 saturated carbocycles. The van der Waals surface area contributed by atoms with Gasteiger partial charge in [0.25, 0.3) is 5.56 Å². The van der Waals surface area contributed by atoms with Crippen LogP contribution in [0, 0.1) is 11.8 Å². The lowest BCUT2D eigenvalue weighted by atomic mass is 10.3. The largest absolute Gasteiger partial charge is 0.303 e. The lowest BCUT2D eigenvalue weighted by Gasteiger charge is -1.99. The molecule has 0 radical (unpaired) electrons. The summed E-state index contributed by atoms with van der Waals surface area (Å²) < 4.78 is 2.43. The molecule has 90 valence electrons. The summed E-state index contributed by atoms with van der Waals surface area (Å²) in [5.74, 6) is 5.98. The third kappa shape index (κ3) is 3.57. The minimum Gasteiger partial charge on any atom is -0.303 e. The van der Waals surface area contributed by atoms with Crippen molar-refractivity contribution in [1.29, 1.82) is 0 Å². The molecule has 0 bridgehead atoms. The van der Waals surface area contributed by atoms with Crippen molar-refractivity contribution in [3.63, 3.8) is 0 Å². The molecule has 0 spiro atoms. The number of nitrogens with zero attached hydrogens (tertiary/aromatic N) is 2. The van der Waals surface area contributed by atoms with Crippen LogP contribution in [0.5, 0.6) is 0 Å². The Balaban J connectivity index is 2.00. The van der Waals surface area contributed by atoms with E-state index in [1.54, 1.807) is 23.0 Å². The molecule has 0 fully saturated rings. The minimum atomic E-state index is -0.0506. The predicted octanol–water partition coefficient (Wildman–Crippen LogP) is 2.25. The second kappa shape index (κ2) is 6.18. The Morgan fingerprint density at radius 2 is 2.11 bits per heavy atom. The van der Waals surface area contributed by atoms with Crippen molar-refractivity contribution >= 4 is 15.9 Å². The molecule has 0 saturated heterocycles. The van der Waals surface area contributed by atoms with Crippen LogP contribution in [-0.2, 0) is 13.0 Å². The van der Waals surface area contributed by atoms with Crippen molar-refractivity contribution in [2.75, 3.05) is 0 Å². The fourth-order valence-corrected chi connectivity index (χ4v) is 1.80. The van der Waals surface area contributed by atoms with Gasteiger partial charge in [-0.2, -0.15) is 0 Å². The summed E-state index contributed by atoms with van der Waals surface area (Å²) >= 11 is 3.32. The molecule has 0 aliphatic heterocycles. The van der Waals surface area contributed by atoms with Gasteiger partial charge in [-0.1, -0.05) is 17.9 Å². The summed E-state index contributed by atoms with van der Waals surface area (Å²) in [6.07, 6.45) is 4.08. The van der Waals surface area contributed by atoms with Crippen molar-refractivity contribution in [2.24, 2.45) is 0 Å². The van der Waals surface area contributed by atoms with E-state index in [9.17, 15) is 4.79 Å². The zero-order valence-electron chi connectivity index (χ0n) is 9.64. The van der Waals surface area contributed by atoms with Gasteiger partial charge in [0.1, 0.15) is 0 Å². The Labute approximate surface area is 114 Å². The first-order chi connectivity index (χ1) is 8.75. The van der Waals surface area contributed by atoms with E-state index in [1.807, 2.05) is 18.2 Å². The van der Waals surface area contributed by atoms with Crippen molar-refractivity contribution < 1.29 is 0 Å². The zero-order valence-corrected chi connectivity index (χ0v) is 11.2. The maximum absolute atomic E-state index is 11.5. The van der Waals surface area contributed by atoms with Crippen LogP contribution in [0.4, 0.5) is 0 Å². The molecule has 3 nitrogen and oxygen atoms in total. The molecule has 0 atom stereocenters. The molecule has 2 aromatic rings. The maximum atomic E-state index is 11.5. The Bertz CT molecular complexity index is 638. The molecule has 0 amide bonds. The van der Waals surface area contributed by atoms with E-state index in [1.165, 1.54) is 6.07 Å². The second-order valence-corrected chi connectivity index (χ2v) is 4.58. The molecule has 0 unspecified atom stereocenters. The van der Waals surface area contributed by atoms with Crippen LogP contribution in [0.2, 0.25) is 0 Å². The maximum Gasteiger partial charge on any atom is 0.251 e. The van der Waals surface area contributed by atoms with E-state index in [-0.39, 0.29) is 5.56 Å². The lowest BCUT2D eigenvalue weighted by Crippen LogP contribution is -2.17. The fourth-order valence-electron chi connectivity index (χ4n) is 1.42. The van der Waals surface area contributed by atoms with Crippen molar-refractivity contribution in [2.45, 2.75) is 13.0 Å². The summed E-state index contributed by atoms with van der Waals surface area (Å²) in [5, 5.41) is 0. The first kappa shape index (κ1) is 12.6. The molecular formula is C14H11BrN2O.